The van der Waals surface area contributed by atoms with Gasteiger partial charge in [0.15, 0.2) is 0 Å². The molecule has 0 saturated heterocycles. The van der Waals surface area contributed by atoms with Gasteiger partial charge in [0.2, 0.25) is 0 Å². The van der Waals surface area contributed by atoms with Gasteiger partial charge < -0.3 is 18.9 Å². The van der Waals surface area contributed by atoms with Crippen LogP contribution < -0.4 is 0 Å². The lowest BCUT2D eigenvalue weighted by Crippen LogP contribution is -2.16. The number of hydrogen-bond acceptors (Lipinski definition) is 8. The van der Waals surface area contributed by atoms with E-state index in [4.69, 9.17) is 18.9 Å². The van der Waals surface area contributed by atoms with Crippen molar-refractivity contribution in [3.8, 4) is 89.0 Å². The van der Waals surface area contributed by atoms with Gasteiger partial charge >= 0.3 is 23.9 Å². The maximum absolute atomic E-state index is 13.3. The van der Waals surface area contributed by atoms with Crippen LogP contribution in [0.15, 0.2) is 182 Å². The van der Waals surface area contributed by atoms with E-state index in [0.717, 1.165) is 144 Å². The summed E-state index contributed by atoms with van der Waals surface area (Å²) < 4.78 is 22.0. The van der Waals surface area contributed by atoms with Crippen LogP contribution in [0.3, 0.4) is 0 Å². The standard InChI is InChI=1S/C88H74O8/c1-13-93-81(89)51-21-29-59-55-25-17-47(37-71(55)85(5,6)75(59)41-51)67-45-68(48-18-26-56-60-30-22-52(82(90)94-14-2)42-76(60)86(7,8)72(56)38-48)64-35-36-66-70(50-20-28-58-62-32-24-54(84(92)96-16-4)44-78(62)88(11,12)74(58)40-50)46-69(65-34-33-63(67)79(64)80(65)66)49-19-27-57-61-31-23-53(83(91)95-15-3)43-77(61)87(9,10)73(57)39-49/h17-46H,13-16H2,1-12H3. The maximum Gasteiger partial charge on any atom is 0.338 e. The number of carbonyl (C=O) groups excluding carboxylic acids is 4. The molecule has 12 aromatic carbocycles. The number of ether oxygens (including phenoxy) is 4. The highest BCUT2D eigenvalue weighted by Gasteiger charge is 2.41. The van der Waals surface area contributed by atoms with Crippen molar-refractivity contribution in [2.45, 2.75) is 105 Å². The summed E-state index contributed by atoms with van der Waals surface area (Å²) in [6.07, 6.45) is 0. The van der Waals surface area contributed by atoms with E-state index < -0.39 is 21.7 Å². The zero-order chi connectivity index (χ0) is 66.8. The van der Waals surface area contributed by atoms with Crippen molar-refractivity contribution < 1.29 is 38.1 Å². The Bertz CT molecular complexity index is 4770. The quantitative estimate of drug-likeness (QED) is 0.0677. The topological polar surface area (TPSA) is 105 Å². The third-order valence-corrected chi connectivity index (χ3v) is 21.9. The molecule has 4 aliphatic rings. The van der Waals surface area contributed by atoms with Crippen LogP contribution in [0.2, 0.25) is 0 Å². The lowest BCUT2D eigenvalue weighted by Gasteiger charge is -2.25. The van der Waals surface area contributed by atoms with Crippen molar-refractivity contribution >= 4 is 56.2 Å². The first-order chi connectivity index (χ1) is 46.1. The normalized spacial score (nSPS) is 14.9. The van der Waals surface area contributed by atoms with Gasteiger partial charge in [-0.1, -0.05) is 152 Å². The van der Waals surface area contributed by atoms with E-state index in [-0.39, 0.29) is 23.9 Å². The van der Waals surface area contributed by atoms with E-state index in [1.165, 1.54) is 22.3 Å². The maximum atomic E-state index is 13.3. The third kappa shape index (κ3) is 8.72. The van der Waals surface area contributed by atoms with Gasteiger partial charge in [-0.15, -0.1) is 0 Å². The molecule has 0 aromatic heterocycles. The van der Waals surface area contributed by atoms with E-state index in [0.29, 0.717) is 48.7 Å². The Kier molecular flexibility index (Phi) is 13.6. The molecule has 0 amide bonds. The second-order valence-electron chi connectivity index (χ2n) is 28.5. The van der Waals surface area contributed by atoms with Gasteiger partial charge in [-0.25, -0.2) is 19.2 Å². The average Bonchev–Trinajstić information content (AvgIpc) is 0.838. The molecular weight excluding hydrogens is 1180 g/mol. The molecule has 0 unspecified atom stereocenters. The van der Waals surface area contributed by atoms with Crippen molar-refractivity contribution in [1.29, 1.82) is 0 Å². The molecule has 0 spiro atoms. The Hall–Kier alpha value is -10.4. The third-order valence-electron chi connectivity index (χ3n) is 21.9. The van der Waals surface area contributed by atoms with E-state index in [2.05, 4.69) is 189 Å². The van der Waals surface area contributed by atoms with Gasteiger partial charge in [0, 0.05) is 21.7 Å². The van der Waals surface area contributed by atoms with Crippen LogP contribution in [0.1, 0.15) is 169 Å². The molecular formula is C88H74O8. The number of benzene rings is 12. The Morgan fingerprint density at radius 1 is 0.240 bits per heavy atom. The largest absolute Gasteiger partial charge is 0.462 e. The van der Waals surface area contributed by atoms with Crippen molar-refractivity contribution in [3.63, 3.8) is 0 Å². The van der Waals surface area contributed by atoms with Crippen LogP contribution in [0, 0.1) is 0 Å². The molecule has 0 N–H and O–H groups in total. The molecule has 0 fully saturated rings. The predicted octanol–water partition coefficient (Wildman–Crippen LogP) is 21.2. The fourth-order valence-electron chi connectivity index (χ4n) is 16.9. The molecule has 0 radical (unpaired) electrons. The molecule has 0 bridgehead atoms. The molecule has 0 atom stereocenters. The number of carbonyl (C=O) groups is 4. The minimum Gasteiger partial charge on any atom is -0.462 e. The minimum atomic E-state index is -0.447. The fourth-order valence-corrected chi connectivity index (χ4v) is 16.9. The monoisotopic (exact) mass is 1260 g/mol. The van der Waals surface area contributed by atoms with Crippen LogP contribution in [-0.2, 0) is 40.6 Å². The lowest BCUT2D eigenvalue weighted by molar-refractivity contribution is 0.0516. The second kappa shape index (κ2) is 21.5. The SMILES string of the molecule is CCOC(=O)c1ccc2c(c1)C(C)(C)c1cc(-c3cc(-c4ccc5c(c4)C(C)(C)c4cc(C(=O)OCC)ccc4-5)c4ccc5c(-c6ccc7c(c6)C(C)(C)c6cc(C(=O)OCC)ccc6-7)cc(-c6ccc7c(c6)C(C)(C)c6cc(C(=O)OCC)ccc6-7)c6ccc3c4c65)ccc1-2. The first-order valence-electron chi connectivity index (χ1n) is 33.7. The van der Waals surface area contributed by atoms with Gasteiger partial charge in [-0.3, -0.25) is 0 Å². The minimum absolute atomic E-state index is 0.300. The van der Waals surface area contributed by atoms with Crippen LogP contribution in [0.25, 0.3) is 121 Å². The number of hydrogen-bond donors (Lipinski definition) is 0. The molecule has 4 aliphatic carbocycles. The number of rotatable bonds is 12. The Morgan fingerprint density at radius 3 is 0.625 bits per heavy atom. The summed E-state index contributed by atoms with van der Waals surface area (Å²) in [5.41, 5.74) is 27.3. The molecule has 12 aromatic rings. The van der Waals surface area contributed by atoms with Crippen molar-refractivity contribution in [3.05, 3.63) is 249 Å². The summed E-state index contributed by atoms with van der Waals surface area (Å²) in [4.78, 5) is 53.0. The Balaban J connectivity index is 0.953. The molecule has 16 rings (SSSR count). The first kappa shape index (κ1) is 60.5. The van der Waals surface area contributed by atoms with E-state index >= 15 is 0 Å². The van der Waals surface area contributed by atoms with Gasteiger partial charge in [-0.05, 0) is 278 Å². The number of esters is 4. The van der Waals surface area contributed by atoms with Crippen molar-refractivity contribution in [1.82, 2.24) is 0 Å². The summed E-state index contributed by atoms with van der Waals surface area (Å²) in [6, 6.07) is 65.9. The number of fused-ring (bicyclic) bond motifs is 12. The van der Waals surface area contributed by atoms with Crippen molar-refractivity contribution in [2.75, 3.05) is 26.4 Å². The summed E-state index contributed by atoms with van der Waals surface area (Å²) in [7, 11) is 0. The molecule has 8 nitrogen and oxygen atoms in total. The highest BCUT2D eigenvalue weighted by molar-refractivity contribution is 6.32. The highest BCUT2D eigenvalue weighted by atomic mass is 16.5. The van der Waals surface area contributed by atoms with Gasteiger partial charge in [0.25, 0.3) is 0 Å². The first-order valence-corrected chi connectivity index (χ1v) is 33.7. The van der Waals surface area contributed by atoms with E-state index in [1.807, 2.05) is 76.2 Å². The van der Waals surface area contributed by atoms with Crippen LogP contribution in [0.4, 0.5) is 0 Å². The molecule has 474 valence electrons. The smallest absolute Gasteiger partial charge is 0.338 e. The van der Waals surface area contributed by atoms with Gasteiger partial charge in [0.05, 0.1) is 48.7 Å². The fraction of sp³-hybridized carbons (Fsp3) is 0.227. The Labute approximate surface area is 560 Å². The molecule has 0 heterocycles. The Morgan fingerprint density at radius 2 is 0.427 bits per heavy atom. The average molecular weight is 1260 g/mol. The zero-order valence-corrected chi connectivity index (χ0v) is 56.4. The van der Waals surface area contributed by atoms with E-state index in [1.54, 1.807) is 0 Å². The van der Waals surface area contributed by atoms with Crippen molar-refractivity contribution in [2.24, 2.45) is 0 Å². The van der Waals surface area contributed by atoms with Crippen LogP contribution in [-0.4, -0.2) is 50.3 Å². The summed E-state index contributed by atoms with van der Waals surface area (Å²) in [6.45, 7) is 26.6. The highest BCUT2D eigenvalue weighted by Crippen LogP contribution is 2.57. The second-order valence-corrected chi connectivity index (χ2v) is 28.5. The van der Waals surface area contributed by atoms with Crippen LogP contribution in [0.5, 0.6) is 0 Å². The van der Waals surface area contributed by atoms with Gasteiger partial charge in [-0.2, -0.15) is 0 Å². The zero-order valence-electron chi connectivity index (χ0n) is 56.4. The summed E-state index contributed by atoms with van der Waals surface area (Å²) in [5.74, 6) is -1.30. The molecule has 8 heteroatoms. The summed E-state index contributed by atoms with van der Waals surface area (Å²) >= 11 is 0. The van der Waals surface area contributed by atoms with Gasteiger partial charge in [0.1, 0.15) is 0 Å². The molecule has 0 saturated carbocycles. The van der Waals surface area contributed by atoms with E-state index in [9.17, 15) is 19.2 Å². The van der Waals surface area contributed by atoms with Crippen LogP contribution >= 0.6 is 0 Å². The molecule has 0 aliphatic heterocycles. The summed E-state index contributed by atoms with van der Waals surface area (Å²) in [5, 5.41) is 6.81. The predicted molar refractivity (Wildman–Crippen MR) is 386 cm³/mol. The molecule has 96 heavy (non-hydrogen) atoms. The lowest BCUT2D eigenvalue weighted by atomic mass is 9.78.